The summed E-state index contributed by atoms with van der Waals surface area (Å²) in [5.41, 5.74) is 0. The number of allylic oxidation sites excluding steroid dienone is 1. The standard InChI is InChI=1S/C8H14O2.C4H8O2/c1-3-4-5-6-7-10-8(2)9;1-3(2)4(5)6/h4-5H,3,6-7H2,1-2H3;3H,1-2H3,(H,5,6)/b5-4-;. The van der Waals surface area contributed by atoms with Gasteiger partial charge in [0, 0.05) is 6.92 Å². The number of hydrogen-bond donors (Lipinski definition) is 1. The first-order chi connectivity index (χ1) is 7.41. The van der Waals surface area contributed by atoms with E-state index in [0.29, 0.717) is 6.61 Å². The Balaban J connectivity index is 0. The predicted octanol–water partition coefficient (Wildman–Crippen LogP) is 2.63. The third-order valence-corrected chi connectivity index (χ3v) is 1.49. The van der Waals surface area contributed by atoms with E-state index < -0.39 is 5.97 Å². The molecule has 0 aromatic carbocycles. The Morgan fingerprint density at radius 1 is 1.31 bits per heavy atom. The van der Waals surface area contributed by atoms with Gasteiger partial charge in [0.15, 0.2) is 0 Å². The van der Waals surface area contributed by atoms with Gasteiger partial charge in [-0.05, 0) is 12.8 Å². The largest absolute Gasteiger partial charge is 0.481 e. The first-order valence-electron chi connectivity index (χ1n) is 5.42. The van der Waals surface area contributed by atoms with Crippen LogP contribution in [0.25, 0.3) is 0 Å². The van der Waals surface area contributed by atoms with Crippen molar-refractivity contribution in [1.82, 2.24) is 0 Å². The smallest absolute Gasteiger partial charge is 0.305 e. The number of ether oxygens (including phenoxy) is 1. The summed E-state index contributed by atoms with van der Waals surface area (Å²) in [6.07, 6.45) is 5.94. The van der Waals surface area contributed by atoms with Crippen molar-refractivity contribution in [2.24, 2.45) is 5.92 Å². The van der Waals surface area contributed by atoms with Crippen molar-refractivity contribution in [2.75, 3.05) is 6.61 Å². The van der Waals surface area contributed by atoms with Crippen LogP contribution in [0.4, 0.5) is 0 Å². The molecule has 0 atom stereocenters. The fourth-order valence-electron chi connectivity index (χ4n) is 0.555. The molecule has 0 heterocycles. The van der Waals surface area contributed by atoms with Crippen LogP contribution in [-0.2, 0) is 14.3 Å². The Bertz CT molecular complexity index is 219. The summed E-state index contributed by atoms with van der Waals surface area (Å²) >= 11 is 0. The molecule has 4 heteroatoms. The second-order valence-corrected chi connectivity index (χ2v) is 3.50. The summed E-state index contributed by atoms with van der Waals surface area (Å²) in [6, 6.07) is 0. The van der Waals surface area contributed by atoms with Crippen LogP contribution in [0.3, 0.4) is 0 Å². The summed E-state index contributed by atoms with van der Waals surface area (Å²) in [7, 11) is 0. The van der Waals surface area contributed by atoms with E-state index >= 15 is 0 Å². The highest BCUT2D eigenvalue weighted by Gasteiger charge is 1.99. The molecule has 0 rings (SSSR count). The van der Waals surface area contributed by atoms with Crippen molar-refractivity contribution in [3.05, 3.63) is 12.2 Å². The zero-order valence-electron chi connectivity index (χ0n) is 10.5. The van der Waals surface area contributed by atoms with E-state index in [9.17, 15) is 9.59 Å². The van der Waals surface area contributed by atoms with E-state index in [2.05, 4.69) is 13.0 Å². The van der Waals surface area contributed by atoms with Crippen LogP contribution in [0.1, 0.15) is 40.5 Å². The summed E-state index contributed by atoms with van der Waals surface area (Å²) in [5.74, 6) is -1.18. The summed E-state index contributed by atoms with van der Waals surface area (Å²) < 4.78 is 4.70. The minimum absolute atomic E-state index is 0.204. The molecule has 0 aromatic rings. The van der Waals surface area contributed by atoms with Gasteiger partial charge < -0.3 is 9.84 Å². The van der Waals surface area contributed by atoms with Crippen LogP contribution in [0.2, 0.25) is 0 Å². The molecule has 0 unspecified atom stereocenters. The van der Waals surface area contributed by atoms with Gasteiger partial charge in [-0.15, -0.1) is 0 Å². The number of carbonyl (C=O) groups is 2. The van der Waals surface area contributed by atoms with E-state index in [1.807, 2.05) is 6.08 Å². The summed E-state index contributed by atoms with van der Waals surface area (Å²) in [4.78, 5) is 19.9. The van der Waals surface area contributed by atoms with Crippen LogP contribution >= 0.6 is 0 Å². The van der Waals surface area contributed by atoms with Gasteiger partial charge in [0.25, 0.3) is 0 Å². The van der Waals surface area contributed by atoms with Crippen molar-refractivity contribution in [1.29, 1.82) is 0 Å². The van der Waals surface area contributed by atoms with Crippen LogP contribution in [0.5, 0.6) is 0 Å². The van der Waals surface area contributed by atoms with Crippen molar-refractivity contribution >= 4 is 11.9 Å². The van der Waals surface area contributed by atoms with Gasteiger partial charge in [0.05, 0.1) is 12.5 Å². The number of carboxylic acid groups (broad SMARTS) is 1. The fraction of sp³-hybridized carbons (Fsp3) is 0.667. The molecule has 0 bridgehead atoms. The average Bonchev–Trinajstić information content (AvgIpc) is 2.18. The molecule has 0 spiro atoms. The number of carboxylic acids is 1. The van der Waals surface area contributed by atoms with Gasteiger partial charge in [0.1, 0.15) is 0 Å². The van der Waals surface area contributed by atoms with Crippen molar-refractivity contribution < 1.29 is 19.4 Å². The Kier molecular flexibility index (Phi) is 12.6. The van der Waals surface area contributed by atoms with Crippen molar-refractivity contribution in [3.8, 4) is 0 Å². The second kappa shape index (κ2) is 11.8. The number of hydrogen-bond acceptors (Lipinski definition) is 3. The first kappa shape index (κ1) is 17.1. The van der Waals surface area contributed by atoms with Gasteiger partial charge in [-0.1, -0.05) is 32.9 Å². The molecule has 0 fully saturated rings. The number of carbonyl (C=O) groups excluding carboxylic acids is 1. The van der Waals surface area contributed by atoms with E-state index in [0.717, 1.165) is 12.8 Å². The summed E-state index contributed by atoms with van der Waals surface area (Å²) in [6.45, 7) is 7.28. The Morgan fingerprint density at radius 2 is 1.81 bits per heavy atom. The molecule has 0 aliphatic heterocycles. The molecule has 16 heavy (non-hydrogen) atoms. The lowest BCUT2D eigenvalue weighted by molar-refractivity contribution is -0.141. The van der Waals surface area contributed by atoms with Crippen LogP contribution < -0.4 is 0 Å². The monoisotopic (exact) mass is 230 g/mol. The van der Waals surface area contributed by atoms with Crippen LogP contribution in [-0.4, -0.2) is 23.7 Å². The first-order valence-corrected chi connectivity index (χ1v) is 5.42. The normalized spacial score (nSPS) is 9.81. The van der Waals surface area contributed by atoms with Gasteiger partial charge in [0.2, 0.25) is 0 Å². The van der Waals surface area contributed by atoms with E-state index in [1.165, 1.54) is 6.92 Å². The minimum atomic E-state index is -0.741. The quantitative estimate of drug-likeness (QED) is 0.448. The molecule has 0 saturated carbocycles. The van der Waals surface area contributed by atoms with Crippen molar-refractivity contribution in [2.45, 2.75) is 40.5 Å². The van der Waals surface area contributed by atoms with Crippen LogP contribution in [0, 0.1) is 5.92 Å². The zero-order valence-corrected chi connectivity index (χ0v) is 10.5. The molecule has 0 aliphatic carbocycles. The second-order valence-electron chi connectivity index (χ2n) is 3.50. The number of esters is 1. The maximum absolute atomic E-state index is 10.2. The molecule has 0 aromatic heterocycles. The Labute approximate surface area is 97.3 Å². The van der Waals surface area contributed by atoms with Gasteiger partial charge in [-0.2, -0.15) is 0 Å². The summed E-state index contributed by atoms with van der Waals surface area (Å²) in [5, 5.41) is 7.99. The molecule has 94 valence electrons. The molecular weight excluding hydrogens is 208 g/mol. The molecule has 0 amide bonds. The highest BCUT2D eigenvalue weighted by molar-refractivity contribution is 5.68. The van der Waals surface area contributed by atoms with Gasteiger partial charge in [-0.3, -0.25) is 9.59 Å². The predicted molar refractivity (Wildman–Crippen MR) is 63.2 cm³/mol. The maximum atomic E-state index is 10.2. The highest BCUT2D eigenvalue weighted by atomic mass is 16.5. The molecule has 0 radical (unpaired) electrons. The Morgan fingerprint density at radius 3 is 2.12 bits per heavy atom. The molecule has 0 aliphatic rings. The topological polar surface area (TPSA) is 63.6 Å². The fourth-order valence-corrected chi connectivity index (χ4v) is 0.555. The third kappa shape index (κ3) is 18.5. The molecule has 1 N–H and O–H groups in total. The lowest BCUT2D eigenvalue weighted by atomic mass is 10.2. The van der Waals surface area contributed by atoms with E-state index in [4.69, 9.17) is 9.84 Å². The molecule has 4 nitrogen and oxygen atoms in total. The average molecular weight is 230 g/mol. The van der Waals surface area contributed by atoms with Gasteiger partial charge in [-0.25, -0.2) is 0 Å². The maximum Gasteiger partial charge on any atom is 0.305 e. The van der Waals surface area contributed by atoms with Gasteiger partial charge >= 0.3 is 11.9 Å². The third-order valence-electron chi connectivity index (χ3n) is 1.49. The van der Waals surface area contributed by atoms with Crippen LogP contribution in [0.15, 0.2) is 12.2 Å². The molecule has 0 saturated heterocycles. The Hall–Kier alpha value is -1.32. The highest BCUT2D eigenvalue weighted by Crippen LogP contribution is 1.88. The molecular formula is C12H22O4. The number of rotatable bonds is 5. The van der Waals surface area contributed by atoms with E-state index in [1.54, 1.807) is 13.8 Å². The van der Waals surface area contributed by atoms with E-state index in [-0.39, 0.29) is 11.9 Å². The SMILES string of the molecule is CC(C)C(=O)O.CC/C=C\CCOC(C)=O. The zero-order chi connectivity index (χ0) is 13.0. The minimum Gasteiger partial charge on any atom is -0.481 e. The van der Waals surface area contributed by atoms with Crippen molar-refractivity contribution in [3.63, 3.8) is 0 Å². The lowest BCUT2D eigenvalue weighted by Gasteiger charge is -1.95. The lowest BCUT2D eigenvalue weighted by Crippen LogP contribution is -2.03. The number of aliphatic carboxylic acids is 1.